The quantitative estimate of drug-likeness (QED) is 0.902. The van der Waals surface area contributed by atoms with E-state index in [1.807, 2.05) is 45.0 Å². The molecule has 0 aliphatic rings. The van der Waals surface area contributed by atoms with Gasteiger partial charge in [-0.2, -0.15) is 0 Å². The largest absolute Gasteiger partial charge is 0.497 e. The van der Waals surface area contributed by atoms with Crippen molar-refractivity contribution >= 4 is 5.91 Å². The monoisotopic (exact) mass is 315 g/mol. The summed E-state index contributed by atoms with van der Waals surface area (Å²) in [6.07, 6.45) is 0.426. The molecule has 1 aromatic carbocycles. The molecule has 0 aliphatic heterocycles. The standard InChI is InChI=1S/C17H21N3O3/c1-17(2,3)20-16(22)13-10-15(21)19-14(18-13)9-11-5-7-12(23-4)8-6-11/h5-8,10H,9H2,1-4H3,(H,20,22)(H,18,19,21). The van der Waals surface area contributed by atoms with Gasteiger partial charge in [-0.25, -0.2) is 4.98 Å². The third-order valence-corrected chi connectivity index (χ3v) is 3.04. The van der Waals surface area contributed by atoms with Crippen LogP contribution in [0, 0.1) is 0 Å². The lowest BCUT2D eigenvalue weighted by atomic mass is 10.1. The van der Waals surface area contributed by atoms with Gasteiger partial charge in [0, 0.05) is 18.0 Å². The number of rotatable bonds is 4. The van der Waals surface area contributed by atoms with E-state index < -0.39 is 5.54 Å². The summed E-state index contributed by atoms with van der Waals surface area (Å²) in [6, 6.07) is 8.66. The fourth-order valence-corrected chi connectivity index (χ4v) is 2.05. The SMILES string of the molecule is COc1ccc(Cc2nc(C(=O)NC(C)(C)C)cc(=O)[nH]2)cc1. The normalized spacial score (nSPS) is 11.1. The second-order valence-electron chi connectivity index (χ2n) is 6.31. The Morgan fingerprint density at radius 2 is 1.91 bits per heavy atom. The molecule has 0 radical (unpaired) electrons. The third-order valence-electron chi connectivity index (χ3n) is 3.04. The van der Waals surface area contributed by atoms with Gasteiger partial charge in [-0.3, -0.25) is 9.59 Å². The zero-order chi connectivity index (χ0) is 17.0. The number of amides is 1. The predicted molar refractivity (Wildman–Crippen MR) is 87.9 cm³/mol. The molecule has 6 nitrogen and oxygen atoms in total. The molecule has 23 heavy (non-hydrogen) atoms. The van der Waals surface area contributed by atoms with E-state index in [0.717, 1.165) is 11.3 Å². The van der Waals surface area contributed by atoms with E-state index in [9.17, 15) is 9.59 Å². The first kappa shape index (κ1) is 16.7. The van der Waals surface area contributed by atoms with Crippen LogP contribution in [0.5, 0.6) is 5.75 Å². The van der Waals surface area contributed by atoms with E-state index in [2.05, 4.69) is 15.3 Å². The summed E-state index contributed by atoms with van der Waals surface area (Å²) in [4.78, 5) is 30.9. The van der Waals surface area contributed by atoms with Crippen molar-refractivity contribution in [1.82, 2.24) is 15.3 Å². The number of methoxy groups -OCH3 is 1. The lowest BCUT2D eigenvalue weighted by Gasteiger charge is -2.20. The molecule has 1 aromatic heterocycles. The molecule has 6 heteroatoms. The molecular formula is C17H21N3O3. The van der Waals surface area contributed by atoms with Gasteiger partial charge in [-0.15, -0.1) is 0 Å². The topological polar surface area (TPSA) is 84.1 Å². The molecule has 0 saturated heterocycles. The lowest BCUT2D eigenvalue weighted by Crippen LogP contribution is -2.41. The van der Waals surface area contributed by atoms with Crippen LogP contribution in [0.25, 0.3) is 0 Å². The average molecular weight is 315 g/mol. The van der Waals surface area contributed by atoms with Gasteiger partial charge in [-0.05, 0) is 38.5 Å². The van der Waals surface area contributed by atoms with Crippen molar-refractivity contribution in [3.63, 3.8) is 0 Å². The van der Waals surface area contributed by atoms with Gasteiger partial charge >= 0.3 is 0 Å². The minimum atomic E-state index is -0.391. The summed E-state index contributed by atoms with van der Waals surface area (Å²) in [5, 5.41) is 2.80. The zero-order valence-corrected chi connectivity index (χ0v) is 13.8. The number of H-pyrrole nitrogens is 1. The number of hydrogen-bond acceptors (Lipinski definition) is 4. The number of aromatic nitrogens is 2. The number of ether oxygens (including phenoxy) is 1. The maximum Gasteiger partial charge on any atom is 0.270 e. The van der Waals surface area contributed by atoms with Crippen LogP contribution >= 0.6 is 0 Å². The Morgan fingerprint density at radius 3 is 2.48 bits per heavy atom. The van der Waals surface area contributed by atoms with Crippen molar-refractivity contribution in [2.24, 2.45) is 0 Å². The zero-order valence-electron chi connectivity index (χ0n) is 13.8. The first-order valence-electron chi connectivity index (χ1n) is 7.32. The molecule has 1 heterocycles. The van der Waals surface area contributed by atoms with Gasteiger partial charge in [0.05, 0.1) is 7.11 Å². The van der Waals surface area contributed by atoms with Crippen molar-refractivity contribution in [3.05, 3.63) is 57.8 Å². The highest BCUT2D eigenvalue weighted by atomic mass is 16.5. The Morgan fingerprint density at radius 1 is 1.26 bits per heavy atom. The van der Waals surface area contributed by atoms with Gasteiger partial charge in [0.15, 0.2) is 0 Å². The first-order valence-corrected chi connectivity index (χ1v) is 7.32. The van der Waals surface area contributed by atoms with Gasteiger partial charge in [0.1, 0.15) is 17.3 Å². The van der Waals surface area contributed by atoms with Crippen molar-refractivity contribution in [1.29, 1.82) is 0 Å². The van der Waals surface area contributed by atoms with E-state index >= 15 is 0 Å². The molecule has 0 bridgehead atoms. The van der Waals surface area contributed by atoms with Crippen LogP contribution in [0.1, 0.15) is 42.6 Å². The second kappa shape index (κ2) is 6.64. The number of nitrogens with zero attached hydrogens (tertiary/aromatic N) is 1. The van der Waals surface area contributed by atoms with Crippen LogP contribution < -0.4 is 15.6 Å². The Kier molecular flexibility index (Phi) is 4.83. The van der Waals surface area contributed by atoms with Gasteiger partial charge < -0.3 is 15.0 Å². The Labute approximate surface area is 134 Å². The summed E-state index contributed by atoms with van der Waals surface area (Å²) in [6.45, 7) is 5.61. The highest BCUT2D eigenvalue weighted by molar-refractivity contribution is 5.92. The number of carbonyl (C=O) groups is 1. The average Bonchev–Trinajstić information content (AvgIpc) is 2.45. The Bertz CT molecular complexity index is 743. The van der Waals surface area contributed by atoms with Crippen LogP contribution in [0.3, 0.4) is 0 Å². The molecule has 2 rings (SSSR count). The number of hydrogen-bond donors (Lipinski definition) is 2. The molecule has 2 N–H and O–H groups in total. The maximum atomic E-state index is 12.2. The lowest BCUT2D eigenvalue weighted by molar-refractivity contribution is 0.0913. The van der Waals surface area contributed by atoms with Crippen molar-refractivity contribution in [2.75, 3.05) is 7.11 Å². The summed E-state index contributed by atoms with van der Waals surface area (Å²) in [5.74, 6) is 0.842. The third kappa shape index (κ3) is 4.95. The first-order chi connectivity index (χ1) is 10.8. The van der Waals surface area contributed by atoms with Crippen LogP contribution in [0.2, 0.25) is 0 Å². The summed E-state index contributed by atoms with van der Waals surface area (Å²) >= 11 is 0. The molecule has 1 amide bonds. The molecule has 0 saturated carbocycles. The van der Waals surface area contributed by atoms with Crippen molar-refractivity contribution in [3.8, 4) is 5.75 Å². The van der Waals surface area contributed by atoms with E-state index in [1.54, 1.807) is 7.11 Å². The van der Waals surface area contributed by atoms with E-state index in [0.29, 0.717) is 12.2 Å². The molecule has 0 unspecified atom stereocenters. The van der Waals surface area contributed by atoms with Crippen LogP contribution in [-0.2, 0) is 6.42 Å². The van der Waals surface area contributed by atoms with Crippen LogP contribution in [0.15, 0.2) is 35.1 Å². The fourth-order valence-electron chi connectivity index (χ4n) is 2.05. The van der Waals surface area contributed by atoms with Crippen LogP contribution in [-0.4, -0.2) is 28.5 Å². The highest BCUT2D eigenvalue weighted by Crippen LogP contribution is 2.13. The number of aromatic amines is 1. The van der Waals surface area contributed by atoms with E-state index in [4.69, 9.17) is 4.74 Å². The minimum Gasteiger partial charge on any atom is -0.497 e. The summed E-state index contributed by atoms with van der Waals surface area (Å²) in [5.41, 5.74) is 0.342. The molecule has 2 aromatic rings. The summed E-state index contributed by atoms with van der Waals surface area (Å²) < 4.78 is 5.11. The smallest absolute Gasteiger partial charge is 0.270 e. The molecule has 0 aliphatic carbocycles. The predicted octanol–water partition coefficient (Wildman–Crippen LogP) is 1.90. The molecule has 122 valence electrons. The van der Waals surface area contributed by atoms with Gasteiger partial charge in [0.2, 0.25) is 0 Å². The summed E-state index contributed by atoms with van der Waals surface area (Å²) in [7, 11) is 1.60. The maximum absolute atomic E-state index is 12.2. The number of nitrogens with one attached hydrogen (secondary N) is 2. The minimum absolute atomic E-state index is 0.118. The van der Waals surface area contributed by atoms with E-state index in [1.165, 1.54) is 6.07 Å². The van der Waals surface area contributed by atoms with Crippen molar-refractivity contribution in [2.45, 2.75) is 32.7 Å². The molecular weight excluding hydrogens is 294 g/mol. The van der Waals surface area contributed by atoms with Crippen LogP contribution in [0.4, 0.5) is 0 Å². The van der Waals surface area contributed by atoms with E-state index in [-0.39, 0.29) is 17.2 Å². The van der Waals surface area contributed by atoms with Gasteiger partial charge in [0.25, 0.3) is 11.5 Å². The molecule has 0 fully saturated rings. The molecule has 0 atom stereocenters. The van der Waals surface area contributed by atoms with Crippen molar-refractivity contribution < 1.29 is 9.53 Å². The number of carbonyl (C=O) groups excluding carboxylic acids is 1. The Hall–Kier alpha value is -2.63. The van der Waals surface area contributed by atoms with Gasteiger partial charge in [-0.1, -0.05) is 12.1 Å². The molecule has 0 spiro atoms. The fraction of sp³-hybridized carbons (Fsp3) is 0.353. The number of benzene rings is 1. The highest BCUT2D eigenvalue weighted by Gasteiger charge is 2.17. The second-order valence-corrected chi connectivity index (χ2v) is 6.31. The Balaban J connectivity index is 2.22.